The number of carboxylic acid groups (broad SMARTS) is 1. The third-order valence-corrected chi connectivity index (χ3v) is 4.14. The van der Waals surface area contributed by atoms with Crippen molar-refractivity contribution in [1.82, 2.24) is 5.32 Å². The molecular weight excluding hydrogens is 372 g/mol. The van der Waals surface area contributed by atoms with Crippen molar-refractivity contribution in [3.63, 3.8) is 0 Å². The van der Waals surface area contributed by atoms with E-state index in [1.165, 1.54) is 6.07 Å². The Hall–Kier alpha value is -3.89. The highest BCUT2D eigenvalue weighted by molar-refractivity contribution is 5.94. The average molecular weight is 390 g/mol. The molecule has 0 aliphatic rings. The Kier molecular flexibility index (Phi) is 6.40. The highest BCUT2D eigenvalue weighted by Gasteiger charge is 2.23. The summed E-state index contributed by atoms with van der Waals surface area (Å²) in [5, 5.41) is 20.9. The number of nitrogens with one attached hydrogen (secondary N) is 1. The number of aliphatic carboxylic acids is 1. The number of hydrogen-bond donors (Lipinski definition) is 2. The number of amides is 1. The maximum Gasteiger partial charge on any atom is 0.328 e. The number of benzene rings is 2. The van der Waals surface area contributed by atoms with Crippen molar-refractivity contribution in [2.24, 2.45) is 0 Å². The zero-order valence-electron chi connectivity index (χ0n) is 15.4. The molecular formula is C22H18N2O5. The molecule has 0 bridgehead atoms. The predicted octanol–water partition coefficient (Wildman–Crippen LogP) is 3.22. The molecule has 29 heavy (non-hydrogen) atoms. The standard InChI is InChI=1S/C22H18N2O5/c23-12-16-8-4-5-9-17(16)19-10-11-20(29-19)21(25)24-18(22(26)27)14-28-13-15-6-2-1-3-7-15/h1-11,18H,13-14H2,(H,24,25)(H,26,27)/t18-/m0/s1. The van der Waals surface area contributed by atoms with Gasteiger partial charge in [0.25, 0.3) is 5.91 Å². The SMILES string of the molecule is N#Cc1ccccc1-c1ccc(C(=O)N[C@@H](COCc2ccccc2)C(=O)O)o1. The van der Waals surface area contributed by atoms with Gasteiger partial charge in [0.05, 0.1) is 24.8 Å². The Balaban J connectivity index is 1.64. The van der Waals surface area contributed by atoms with Gasteiger partial charge in [-0.3, -0.25) is 4.79 Å². The molecule has 0 spiro atoms. The van der Waals surface area contributed by atoms with Gasteiger partial charge < -0.3 is 19.6 Å². The molecule has 1 aromatic heterocycles. The van der Waals surface area contributed by atoms with Crippen LogP contribution in [-0.2, 0) is 16.1 Å². The summed E-state index contributed by atoms with van der Waals surface area (Å²) < 4.78 is 11.0. The van der Waals surface area contributed by atoms with E-state index in [4.69, 9.17) is 9.15 Å². The fraction of sp³-hybridized carbons (Fsp3) is 0.136. The Bertz CT molecular complexity index is 1040. The number of carbonyl (C=O) groups is 2. The molecule has 0 unspecified atom stereocenters. The van der Waals surface area contributed by atoms with Crippen LogP contribution in [0.5, 0.6) is 0 Å². The molecule has 2 aromatic carbocycles. The largest absolute Gasteiger partial charge is 0.480 e. The molecule has 0 saturated carbocycles. The summed E-state index contributed by atoms with van der Waals surface area (Å²) in [4.78, 5) is 23.9. The van der Waals surface area contributed by atoms with E-state index in [0.717, 1.165) is 5.56 Å². The number of carboxylic acids is 1. The number of nitriles is 1. The molecule has 1 atom stereocenters. The molecule has 0 fully saturated rings. The lowest BCUT2D eigenvalue weighted by Gasteiger charge is -2.14. The van der Waals surface area contributed by atoms with Crippen LogP contribution in [0.4, 0.5) is 0 Å². The summed E-state index contributed by atoms with van der Waals surface area (Å²) in [5.74, 6) is -1.60. The molecule has 1 heterocycles. The lowest BCUT2D eigenvalue weighted by Crippen LogP contribution is -2.43. The van der Waals surface area contributed by atoms with Crippen molar-refractivity contribution in [3.05, 3.63) is 83.6 Å². The number of ether oxygens (including phenoxy) is 1. The second-order valence-corrected chi connectivity index (χ2v) is 6.19. The van der Waals surface area contributed by atoms with E-state index in [1.807, 2.05) is 30.3 Å². The first-order chi connectivity index (χ1) is 14.1. The molecule has 3 aromatic rings. The summed E-state index contributed by atoms with van der Waals surface area (Å²) in [6, 6.07) is 20.0. The van der Waals surface area contributed by atoms with Gasteiger partial charge >= 0.3 is 5.97 Å². The molecule has 0 radical (unpaired) electrons. The summed E-state index contributed by atoms with van der Waals surface area (Å²) in [6.45, 7) is 0.0388. The first-order valence-corrected chi connectivity index (χ1v) is 8.83. The van der Waals surface area contributed by atoms with Crippen LogP contribution >= 0.6 is 0 Å². The molecule has 0 aliphatic carbocycles. The first kappa shape index (κ1) is 19.9. The second kappa shape index (κ2) is 9.35. The van der Waals surface area contributed by atoms with Gasteiger partial charge in [-0.1, -0.05) is 42.5 Å². The number of furan rings is 1. The number of hydrogen-bond acceptors (Lipinski definition) is 5. The second-order valence-electron chi connectivity index (χ2n) is 6.19. The lowest BCUT2D eigenvalue weighted by atomic mass is 10.1. The Morgan fingerprint density at radius 3 is 2.52 bits per heavy atom. The molecule has 7 heteroatoms. The molecule has 0 aliphatic heterocycles. The quantitative estimate of drug-likeness (QED) is 0.611. The molecule has 1 amide bonds. The minimum absolute atomic E-state index is 0.0537. The zero-order valence-corrected chi connectivity index (χ0v) is 15.4. The van der Waals surface area contributed by atoms with Crippen LogP contribution in [0.15, 0.2) is 71.1 Å². The average Bonchev–Trinajstić information content (AvgIpc) is 3.24. The van der Waals surface area contributed by atoms with E-state index in [2.05, 4.69) is 11.4 Å². The van der Waals surface area contributed by atoms with Crippen LogP contribution in [0.25, 0.3) is 11.3 Å². The molecule has 3 rings (SSSR count). The topological polar surface area (TPSA) is 113 Å². The monoisotopic (exact) mass is 390 g/mol. The third-order valence-electron chi connectivity index (χ3n) is 4.14. The van der Waals surface area contributed by atoms with Crippen LogP contribution in [0.1, 0.15) is 21.7 Å². The summed E-state index contributed by atoms with van der Waals surface area (Å²) in [5.41, 5.74) is 1.86. The highest BCUT2D eigenvalue weighted by Crippen LogP contribution is 2.25. The van der Waals surface area contributed by atoms with Gasteiger partial charge in [0.15, 0.2) is 11.8 Å². The van der Waals surface area contributed by atoms with E-state index in [9.17, 15) is 20.0 Å². The summed E-state index contributed by atoms with van der Waals surface area (Å²) in [6.07, 6.45) is 0. The van der Waals surface area contributed by atoms with Crippen molar-refractivity contribution in [3.8, 4) is 17.4 Å². The van der Waals surface area contributed by atoms with Crippen molar-refractivity contribution < 1.29 is 23.8 Å². The van der Waals surface area contributed by atoms with E-state index in [0.29, 0.717) is 16.9 Å². The molecule has 0 saturated heterocycles. The van der Waals surface area contributed by atoms with Gasteiger partial charge in [-0.25, -0.2) is 4.79 Å². The van der Waals surface area contributed by atoms with Gasteiger partial charge in [0, 0.05) is 5.56 Å². The normalized spacial score (nSPS) is 11.4. The summed E-state index contributed by atoms with van der Waals surface area (Å²) in [7, 11) is 0. The van der Waals surface area contributed by atoms with Gasteiger partial charge in [-0.2, -0.15) is 5.26 Å². The maximum atomic E-state index is 12.4. The number of nitrogens with zero attached hydrogens (tertiary/aromatic N) is 1. The third kappa shape index (κ3) is 5.09. The van der Waals surface area contributed by atoms with Crippen LogP contribution in [0.2, 0.25) is 0 Å². The number of carbonyl (C=O) groups excluding carboxylic acids is 1. The molecule has 146 valence electrons. The van der Waals surface area contributed by atoms with Gasteiger partial charge in [-0.15, -0.1) is 0 Å². The minimum atomic E-state index is -1.23. The Labute approximate surface area is 167 Å². The van der Waals surface area contributed by atoms with E-state index in [1.54, 1.807) is 30.3 Å². The lowest BCUT2D eigenvalue weighted by molar-refractivity contribution is -0.141. The van der Waals surface area contributed by atoms with Gasteiger partial charge in [-0.05, 0) is 29.8 Å². The zero-order chi connectivity index (χ0) is 20.6. The van der Waals surface area contributed by atoms with Crippen LogP contribution in [0.3, 0.4) is 0 Å². The highest BCUT2D eigenvalue weighted by atomic mass is 16.5. The van der Waals surface area contributed by atoms with Crippen molar-refractivity contribution >= 4 is 11.9 Å². The fourth-order valence-corrected chi connectivity index (χ4v) is 2.67. The van der Waals surface area contributed by atoms with Crippen molar-refractivity contribution in [2.45, 2.75) is 12.6 Å². The smallest absolute Gasteiger partial charge is 0.328 e. The van der Waals surface area contributed by atoms with Gasteiger partial charge in [0.1, 0.15) is 5.76 Å². The van der Waals surface area contributed by atoms with Crippen LogP contribution in [0, 0.1) is 11.3 Å². The predicted molar refractivity (Wildman–Crippen MR) is 104 cm³/mol. The van der Waals surface area contributed by atoms with Crippen molar-refractivity contribution in [1.29, 1.82) is 5.26 Å². The first-order valence-electron chi connectivity index (χ1n) is 8.83. The van der Waals surface area contributed by atoms with Gasteiger partial charge in [0.2, 0.25) is 0 Å². The minimum Gasteiger partial charge on any atom is -0.480 e. The molecule has 2 N–H and O–H groups in total. The van der Waals surface area contributed by atoms with Crippen LogP contribution in [-0.4, -0.2) is 29.6 Å². The number of rotatable bonds is 8. The Morgan fingerprint density at radius 1 is 1.07 bits per heavy atom. The van der Waals surface area contributed by atoms with Crippen LogP contribution < -0.4 is 5.32 Å². The van der Waals surface area contributed by atoms with Crippen molar-refractivity contribution in [2.75, 3.05) is 6.61 Å². The fourth-order valence-electron chi connectivity index (χ4n) is 2.67. The van der Waals surface area contributed by atoms with E-state index >= 15 is 0 Å². The Morgan fingerprint density at radius 2 is 1.79 bits per heavy atom. The van der Waals surface area contributed by atoms with E-state index in [-0.39, 0.29) is 19.0 Å². The maximum absolute atomic E-state index is 12.4. The van der Waals surface area contributed by atoms with E-state index < -0.39 is 17.9 Å². The summed E-state index contributed by atoms with van der Waals surface area (Å²) >= 11 is 0. The molecule has 7 nitrogen and oxygen atoms in total.